The fraction of sp³-hybridized carbons (Fsp3) is 0.400. The molecule has 1 saturated carbocycles. The molecule has 2 N–H and O–H groups in total. The van der Waals surface area contributed by atoms with Gasteiger partial charge in [0.2, 0.25) is 12.7 Å². The van der Waals surface area contributed by atoms with E-state index >= 15 is 0 Å². The van der Waals surface area contributed by atoms with Crippen LogP contribution >= 0.6 is 0 Å². The van der Waals surface area contributed by atoms with Crippen molar-refractivity contribution in [2.75, 3.05) is 19.9 Å². The Hall–Kier alpha value is -3.62. The number of carbonyl (C=O) groups excluding carboxylic acids is 3. The number of amides is 3. The molecule has 0 aromatic heterocycles. The number of likely N-dealkylation sites (tertiary alicyclic amines) is 1. The molecule has 5 rings (SSSR count). The molecule has 2 fully saturated rings. The predicted octanol–water partition coefficient (Wildman–Crippen LogP) is 2.48. The second kappa shape index (κ2) is 9.32. The summed E-state index contributed by atoms with van der Waals surface area (Å²) in [7, 11) is 0. The Morgan fingerprint density at radius 1 is 0.912 bits per heavy atom. The lowest BCUT2D eigenvalue weighted by Gasteiger charge is -2.36. The average Bonchev–Trinajstić information content (AvgIpc) is 3.54. The van der Waals surface area contributed by atoms with E-state index < -0.39 is 17.8 Å². The molecule has 0 radical (unpaired) electrons. The maximum Gasteiger partial charge on any atom is 0.253 e. The number of halogens is 1. The van der Waals surface area contributed by atoms with E-state index in [-0.39, 0.29) is 30.6 Å². The standard InChI is InChI=1S/C25H26FN3O5/c26-18-4-1-16(2-5-18)23(30)28-22(24(31)27-19-6-7-19)15-9-11-29(12-10-15)25(32)17-3-8-20-21(13-17)34-14-33-20/h1-5,8,13,15,19,22H,6-7,9-12,14H2,(H,27,31)(H,28,30)/t22-/m0/s1. The smallest absolute Gasteiger partial charge is 0.253 e. The van der Waals surface area contributed by atoms with Crippen molar-refractivity contribution >= 4 is 17.7 Å². The van der Waals surface area contributed by atoms with Gasteiger partial charge in [-0.3, -0.25) is 14.4 Å². The molecule has 2 heterocycles. The van der Waals surface area contributed by atoms with Crippen LogP contribution in [0.3, 0.4) is 0 Å². The first-order valence-corrected chi connectivity index (χ1v) is 11.5. The summed E-state index contributed by atoms with van der Waals surface area (Å²) < 4.78 is 23.9. The Morgan fingerprint density at radius 3 is 2.29 bits per heavy atom. The number of fused-ring (bicyclic) bond motifs is 1. The number of hydrogen-bond donors (Lipinski definition) is 2. The minimum atomic E-state index is -0.721. The Morgan fingerprint density at radius 2 is 1.59 bits per heavy atom. The minimum Gasteiger partial charge on any atom is -0.454 e. The van der Waals surface area contributed by atoms with Crippen molar-refractivity contribution in [3.63, 3.8) is 0 Å². The Bertz CT molecular complexity index is 1090. The van der Waals surface area contributed by atoms with Crippen molar-refractivity contribution in [3.05, 3.63) is 59.4 Å². The number of hydrogen-bond acceptors (Lipinski definition) is 5. The molecule has 0 unspecified atom stereocenters. The first kappa shape index (κ1) is 22.2. The van der Waals surface area contributed by atoms with E-state index in [9.17, 15) is 18.8 Å². The Kier molecular flexibility index (Phi) is 6.08. The minimum absolute atomic E-state index is 0.105. The molecule has 2 aliphatic heterocycles. The molecule has 1 aliphatic carbocycles. The summed E-state index contributed by atoms with van der Waals surface area (Å²) in [5.41, 5.74) is 0.816. The van der Waals surface area contributed by atoms with Crippen molar-refractivity contribution in [2.45, 2.75) is 37.8 Å². The van der Waals surface area contributed by atoms with E-state index in [1.54, 1.807) is 23.1 Å². The van der Waals surface area contributed by atoms with Gasteiger partial charge in [-0.2, -0.15) is 0 Å². The van der Waals surface area contributed by atoms with Crippen molar-refractivity contribution in [3.8, 4) is 11.5 Å². The van der Waals surface area contributed by atoms with Crippen LogP contribution in [0.2, 0.25) is 0 Å². The highest BCUT2D eigenvalue weighted by Crippen LogP contribution is 2.33. The van der Waals surface area contributed by atoms with E-state index in [4.69, 9.17) is 9.47 Å². The number of nitrogens with zero attached hydrogens (tertiary/aromatic N) is 1. The maximum atomic E-state index is 13.2. The molecular formula is C25H26FN3O5. The summed E-state index contributed by atoms with van der Waals surface area (Å²) in [6, 6.07) is 9.79. The van der Waals surface area contributed by atoms with Crippen molar-refractivity contribution < 1.29 is 28.2 Å². The predicted molar refractivity (Wildman–Crippen MR) is 120 cm³/mol. The highest BCUT2D eigenvalue weighted by atomic mass is 19.1. The molecule has 1 saturated heterocycles. The van der Waals surface area contributed by atoms with Crippen LogP contribution in [0.15, 0.2) is 42.5 Å². The van der Waals surface area contributed by atoms with E-state index in [1.807, 2.05) is 0 Å². The van der Waals surface area contributed by atoms with E-state index in [0.29, 0.717) is 48.6 Å². The van der Waals surface area contributed by atoms with Gasteiger partial charge in [-0.15, -0.1) is 0 Å². The molecule has 8 nitrogen and oxygen atoms in total. The quantitative estimate of drug-likeness (QED) is 0.681. The molecule has 3 amide bonds. The van der Waals surface area contributed by atoms with Crippen molar-refractivity contribution in [2.24, 2.45) is 5.92 Å². The van der Waals surface area contributed by atoms with Crippen LogP contribution in [-0.4, -0.2) is 54.6 Å². The molecule has 0 spiro atoms. The first-order valence-electron chi connectivity index (χ1n) is 11.5. The maximum absolute atomic E-state index is 13.2. The number of rotatable bonds is 6. The normalized spacial score (nSPS) is 18.3. The van der Waals surface area contributed by atoms with Gasteiger partial charge in [-0.25, -0.2) is 4.39 Å². The third-order valence-electron chi connectivity index (χ3n) is 6.52. The molecule has 9 heteroatoms. The molecule has 3 aliphatic rings. The zero-order chi connectivity index (χ0) is 23.7. The summed E-state index contributed by atoms with van der Waals surface area (Å²) >= 11 is 0. The molecule has 2 aromatic rings. The fourth-order valence-electron chi connectivity index (χ4n) is 4.39. The van der Waals surface area contributed by atoms with Gasteiger partial charge in [0.1, 0.15) is 11.9 Å². The molecule has 1 atom stereocenters. The van der Waals surface area contributed by atoms with Crippen LogP contribution in [0, 0.1) is 11.7 Å². The molecular weight excluding hydrogens is 441 g/mol. The highest BCUT2D eigenvalue weighted by molar-refractivity contribution is 5.98. The second-order valence-corrected chi connectivity index (χ2v) is 8.94. The van der Waals surface area contributed by atoms with Gasteiger partial charge in [-0.1, -0.05) is 0 Å². The van der Waals surface area contributed by atoms with Gasteiger partial charge in [0.25, 0.3) is 11.8 Å². The highest BCUT2D eigenvalue weighted by Gasteiger charge is 2.36. The van der Waals surface area contributed by atoms with Crippen LogP contribution in [0.1, 0.15) is 46.4 Å². The van der Waals surface area contributed by atoms with E-state index in [1.165, 1.54) is 24.3 Å². The molecule has 34 heavy (non-hydrogen) atoms. The van der Waals surface area contributed by atoms with Crippen LogP contribution in [0.4, 0.5) is 4.39 Å². The number of carbonyl (C=O) groups is 3. The van der Waals surface area contributed by atoms with Gasteiger partial charge in [0.15, 0.2) is 11.5 Å². The van der Waals surface area contributed by atoms with Crippen LogP contribution < -0.4 is 20.1 Å². The van der Waals surface area contributed by atoms with Gasteiger partial charge in [0, 0.05) is 30.3 Å². The first-order chi connectivity index (χ1) is 16.5. The molecule has 178 valence electrons. The van der Waals surface area contributed by atoms with Crippen LogP contribution in [0.5, 0.6) is 11.5 Å². The lowest BCUT2D eigenvalue weighted by molar-refractivity contribution is -0.124. The van der Waals surface area contributed by atoms with Gasteiger partial charge < -0.3 is 25.0 Å². The summed E-state index contributed by atoms with van der Waals surface area (Å²) in [6.45, 7) is 1.08. The summed E-state index contributed by atoms with van der Waals surface area (Å²) in [4.78, 5) is 40.5. The van der Waals surface area contributed by atoms with Gasteiger partial charge in [0.05, 0.1) is 0 Å². The third-order valence-corrected chi connectivity index (χ3v) is 6.52. The summed E-state index contributed by atoms with van der Waals surface area (Å²) in [6.07, 6.45) is 3.02. The summed E-state index contributed by atoms with van der Waals surface area (Å²) in [5.74, 6) is -0.111. The largest absolute Gasteiger partial charge is 0.454 e. The number of ether oxygens (including phenoxy) is 2. The molecule has 0 bridgehead atoms. The van der Waals surface area contributed by atoms with Crippen LogP contribution in [-0.2, 0) is 4.79 Å². The van der Waals surface area contributed by atoms with Gasteiger partial charge in [-0.05, 0) is 74.1 Å². The summed E-state index contributed by atoms with van der Waals surface area (Å²) in [5, 5.41) is 5.83. The molecule has 2 aromatic carbocycles. The SMILES string of the molecule is O=C(N[C@H](C(=O)NC1CC1)C1CCN(C(=O)c2ccc3c(c2)OCO3)CC1)c1ccc(F)cc1. The number of nitrogens with one attached hydrogen (secondary N) is 2. The third kappa shape index (κ3) is 4.83. The van der Waals surface area contributed by atoms with E-state index in [2.05, 4.69) is 10.6 Å². The Labute approximate surface area is 196 Å². The zero-order valence-corrected chi connectivity index (χ0v) is 18.6. The second-order valence-electron chi connectivity index (χ2n) is 8.94. The van der Waals surface area contributed by atoms with E-state index in [0.717, 1.165) is 12.8 Å². The topological polar surface area (TPSA) is 97.0 Å². The fourth-order valence-corrected chi connectivity index (χ4v) is 4.39. The van der Waals surface area contributed by atoms with Gasteiger partial charge >= 0.3 is 0 Å². The average molecular weight is 467 g/mol. The monoisotopic (exact) mass is 467 g/mol. The number of benzene rings is 2. The lowest BCUT2D eigenvalue weighted by Crippen LogP contribution is -2.54. The number of piperidine rings is 1. The van der Waals surface area contributed by atoms with Crippen molar-refractivity contribution in [1.29, 1.82) is 0 Å². The zero-order valence-electron chi connectivity index (χ0n) is 18.6. The van der Waals surface area contributed by atoms with Crippen LogP contribution in [0.25, 0.3) is 0 Å². The lowest BCUT2D eigenvalue weighted by atomic mass is 9.88. The van der Waals surface area contributed by atoms with Crippen molar-refractivity contribution in [1.82, 2.24) is 15.5 Å². The Balaban J connectivity index is 1.24.